The molecule has 0 atom stereocenters. The maximum absolute atomic E-state index is 10.8. The molecule has 3 N–H and O–H groups in total. The number of amides is 1. The van der Waals surface area contributed by atoms with E-state index in [4.69, 9.17) is 5.73 Å². The number of carbonyl (C=O) groups excluding carboxylic acids is 1. The number of carbonyl (C=O) groups is 1. The van der Waals surface area contributed by atoms with Gasteiger partial charge in [0.1, 0.15) is 11.5 Å². The minimum Gasteiger partial charge on any atom is -0.369 e. The van der Waals surface area contributed by atoms with Crippen LogP contribution in [0.25, 0.3) is 0 Å². The lowest BCUT2D eigenvalue weighted by molar-refractivity contribution is 0.0991. The van der Waals surface area contributed by atoms with Gasteiger partial charge < -0.3 is 11.1 Å². The number of primary amides is 1. The molecule has 0 spiro atoms. The van der Waals surface area contributed by atoms with Crippen LogP contribution >= 0.6 is 12.4 Å². The lowest BCUT2D eigenvalue weighted by atomic mass is 10.4. The first-order valence-electron chi connectivity index (χ1n) is 4.23. The van der Waals surface area contributed by atoms with Crippen molar-refractivity contribution in [3.8, 4) is 0 Å². The first-order chi connectivity index (χ1) is 6.15. The average Bonchev–Trinajstić information content (AvgIpc) is 2.43. The van der Waals surface area contributed by atoms with Crippen molar-refractivity contribution in [3.63, 3.8) is 0 Å². The number of rotatable bonds is 4. The van der Waals surface area contributed by atoms with Gasteiger partial charge in [-0.1, -0.05) is 6.92 Å². The van der Waals surface area contributed by atoms with Gasteiger partial charge in [-0.25, -0.2) is 0 Å². The van der Waals surface area contributed by atoms with Crippen LogP contribution in [0.1, 0.15) is 23.8 Å². The second-order valence-corrected chi connectivity index (χ2v) is 2.83. The van der Waals surface area contributed by atoms with Gasteiger partial charge in [0.15, 0.2) is 0 Å². The number of aromatic nitrogens is 2. The number of hydrogen-bond donors (Lipinski definition) is 2. The van der Waals surface area contributed by atoms with E-state index in [-0.39, 0.29) is 12.4 Å². The number of nitrogens with zero attached hydrogens (tertiary/aromatic N) is 2. The largest absolute Gasteiger partial charge is 0.369 e. The Hall–Kier alpha value is -1.23. The second kappa shape index (κ2) is 5.49. The standard InChI is InChI=1S/C8H14N4O.ClH/c1-3-4-10-7-5-6(8(9)13)12(2)11-7;/h5H,3-4H2,1-2H3,(H2,9,13)(H,10,11);1H. The maximum Gasteiger partial charge on any atom is 0.267 e. The van der Waals surface area contributed by atoms with E-state index in [1.807, 2.05) is 0 Å². The Morgan fingerprint density at radius 3 is 2.79 bits per heavy atom. The van der Waals surface area contributed by atoms with Crippen LogP contribution in [0.2, 0.25) is 0 Å². The third-order valence-corrected chi connectivity index (χ3v) is 1.69. The van der Waals surface area contributed by atoms with Crippen molar-refractivity contribution < 1.29 is 4.79 Å². The molecule has 1 amide bonds. The van der Waals surface area contributed by atoms with Gasteiger partial charge in [0.25, 0.3) is 5.91 Å². The van der Waals surface area contributed by atoms with Crippen molar-refractivity contribution in [2.45, 2.75) is 13.3 Å². The molecule has 0 aliphatic carbocycles. The van der Waals surface area contributed by atoms with Gasteiger partial charge in [-0.15, -0.1) is 12.4 Å². The van der Waals surface area contributed by atoms with E-state index in [2.05, 4.69) is 17.3 Å². The quantitative estimate of drug-likeness (QED) is 0.784. The van der Waals surface area contributed by atoms with Crippen LogP contribution in [0.3, 0.4) is 0 Å². The van der Waals surface area contributed by atoms with Crippen LogP contribution < -0.4 is 11.1 Å². The van der Waals surface area contributed by atoms with Crippen LogP contribution in [0.5, 0.6) is 0 Å². The predicted octanol–water partition coefficient (Wildman–Crippen LogP) is 0.763. The zero-order valence-electron chi connectivity index (χ0n) is 8.28. The van der Waals surface area contributed by atoms with Gasteiger partial charge >= 0.3 is 0 Å². The summed E-state index contributed by atoms with van der Waals surface area (Å²) in [5, 5.41) is 7.14. The molecule has 5 nitrogen and oxygen atoms in total. The molecule has 14 heavy (non-hydrogen) atoms. The molecule has 0 radical (unpaired) electrons. The molecule has 0 aliphatic heterocycles. The Balaban J connectivity index is 0.00000169. The molecule has 0 saturated carbocycles. The molecule has 1 heterocycles. The molecule has 0 bridgehead atoms. The fourth-order valence-corrected chi connectivity index (χ4v) is 1.04. The van der Waals surface area contributed by atoms with Crippen LogP contribution in [-0.2, 0) is 7.05 Å². The van der Waals surface area contributed by atoms with Crippen molar-refractivity contribution in [1.82, 2.24) is 9.78 Å². The summed E-state index contributed by atoms with van der Waals surface area (Å²) in [5.41, 5.74) is 5.54. The van der Waals surface area contributed by atoms with E-state index in [1.54, 1.807) is 13.1 Å². The Morgan fingerprint density at radius 2 is 2.36 bits per heavy atom. The fraction of sp³-hybridized carbons (Fsp3) is 0.500. The molecule has 0 unspecified atom stereocenters. The molecule has 0 saturated heterocycles. The van der Waals surface area contributed by atoms with Crippen molar-refractivity contribution >= 4 is 24.1 Å². The highest BCUT2D eigenvalue weighted by Crippen LogP contribution is 2.07. The summed E-state index contributed by atoms with van der Waals surface area (Å²) in [6.45, 7) is 2.90. The molecule has 0 aliphatic rings. The van der Waals surface area contributed by atoms with E-state index >= 15 is 0 Å². The molecule has 80 valence electrons. The Labute approximate surface area is 89.1 Å². The van der Waals surface area contributed by atoms with Gasteiger partial charge in [0.05, 0.1) is 0 Å². The second-order valence-electron chi connectivity index (χ2n) is 2.83. The van der Waals surface area contributed by atoms with Gasteiger partial charge in [-0.2, -0.15) is 5.10 Å². The number of nitrogens with two attached hydrogens (primary N) is 1. The number of hydrogen-bond acceptors (Lipinski definition) is 3. The van der Waals surface area contributed by atoms with Crippen molar-refractivity contribution in [1.29, 1.82) is 0 Å². The van der Waals surface area contributed by atoms with Crippen LogP contribution in [0, 0.1) is 0 Å². The van der Waals surface area contributed by atoms with E-state index in [9.17, 15) is 4.79 Å². The molecule has 0 aromatic carbocycles. The van der Waals surface area contributed by atoms with Crippen molar-refractivity contribution in [2.24, 2.45) is 12.8 Å². The third-order valence-electron chi connectivity index (χ3n) is 1.69. The van der Waals surface area contributed by atoms with E-state index in [1.165, 1.54) is 4.68 Å². The minimum absolute atomic E-state index is 0. The monoisotopic (exact) mass is 218 g/mol. The first-order valence-corrected chi connectivity index (χ1v) is 4.23. The molecule has 1 aromatic rings. The summed E-state index contributed by atoms with van der Waals surface area (Å²) < 4.78 is 1.47. The molecule has 1 rings (SSSR count). The molecule has 0 fully saturated rings. The van der Waals surface area contributed by atoms with Gasteiger partial charge in [-0.05, 0) is 6.42 Å². The first kappa shape index (κ1) is 12.8. The summed E-state index contributed by atoms with van der Waals surface area (Å²) >= 11 is 0. The zero-order chi connectivity index (χ0) is 9.84. The van der Waals surface area contributed by atoms with Crippen molar-refractivity contribution in [2.75, 3.05) is 11.9 Å². The highest BCUT2D eigenvalue weighted by molar-refractivity contribution is 5.91. The van der Waals surface area contributed by atoms with Crippen LogP contribution in [0.15, 0.2) is 6.07 Å². The number of halogens is 1. The Kier molecular flexibility index (Phi) is 5.01. The molecule has 6 heteroatoms. The lowest BCUT2D eigenvalue weighted by Gasteiger charge is -1.96. The summed E-state index contributed by atoms with van der Waals surface area (Å²) in [4.78, 5) is 10.8. The Bertz CT molecular complexity index is 310. The highest BCUT2D eigenvalue weighted by Gasteiger charge is 2.08. The third kappa shape index (κ3) is 2.92. The molecular formula is C8H15ClN4O. The maximum atomic E-state index is 10.8. The van der Waals surface area contributed by atoms with Crippen molar-refractivity contribution in [3.05, 3.63) is 11.8 Å². The van der Waals surface area contributed by atoms with E-state index in [0.29, 0.717) is 11.5 Å². The smallest absolute Gasteiger partial charge is 0.267 e. The number of nitrogens with one attached hydrogen (secondary N) is 1. The SMILES string of the molecule is CCCNc1cc(C(N)=O)n(C)n1.Cl. The summed E-state index contributed by atoms with van der Waals surface area (Å²) in [7, 11) is 1.69. The predicted molar refractivity (Wildman–Crippen MR) is 57.8 cm³/mol. The molecule has 1 aromatic heterocycles. The number of anilines is 1. The van der Waals surface area contributed by atoms with Crippen LogP contribution in [-0.4, -0.2) is 22.2 Å². The molecular weight excluding hydrogens is 204 g/mol. The van der Waals surface area contributed by atoms with Gasteiger partial charge in [0, 0.05) is 19.7 Å². The summed E-state index contributed by atoms with van der Waals surface area (Å²) in [6, 6.07) is 1.65. The highest BCUT2D eigenvalue weighted by atomic mass is 35.5. The fourth-order valence-electron chi connectivity index (χ4n) is 1.04. The van der Waals surface area contributed by atoms with Crippen LogP contribution in [0.4, 0.5) is 5.82 Å². The zero-order valence-corrected chi connectivity index (χ0v) is 9.10. The van der Waals surface area contributed by atoms with E-state index in [0.717, 1.165) is 13.0 Å². The summed E-state index contributed by atoms with van der Waals surface area (Å²) in [5.74, 6) is 0.234. The lowest BCUT2D eigenvalue weighted by Crippen LogP contribution is -2.15. The average molecular weight is 219 g/mol. The van der Waals surface area contributed by atoms with Gasteiger partial charge in [-0.3, -0.25) is 9.48 Å². The number of aryl methyl sites for hydroxylation is 1. The topological polar surface area (TPSA) is 72.9 Å². The Morgan fingerprint density at radius 1 is 1.71 bits per heavy atom. The van der Waals surface area contributed by atoms with E-state index < -0.39 is 5.91 Å². The minimum atomic E-state index is -0.459. The van der Waals surface area contributed by atoms with Gasteiger partial charge in [0.2, 0.25) is 0 Å². The summed E-state index contributed by atoms with van der Waals surface area (Å²) in [6.07, 6.45) is 1.02. The normalized spacial score (nSPS) is 9.29.